The van der Waals surface area contributed by atoms with Crippen molar-refractivity contribution in [1.29, 1.82) is 0 Å². The second-order valence-electron chi connectivity index (χ2n) is 15.9. The molecule has 0 amide bonds. The van der Waals surface area contributed by atoms with Crippen LogP contribution in [0.25, 0.3) is 0 Å². The van der Waals surface area contributed by atoms with Crippen LogP contribution >= 0.6 is 0 Å². The van der Waals surface area contributed by atoms with Crippen molar-refractivity contribution < 1.29 is 23.8 Å². The van der Waals surface area contributed by atoms with Crippen molar-refractivity contribution in [3.05, 3.63) is 97.2 Å². The zero-order chi connectivity index (χ0) is 43.5. The maximum atomic E-state index is 12.8. The third-order valence-electron chi connectivity index (χ3n) is 10.1. The van der Waals surface area contributed by atoms with E-state index in [0.717, 1.165) is 109 Å². The molecule has 0 aliphatic rings. The zero-order valence-corrected chi connectivity index (χ0v) is 39.2. The van der Waals surface area contributed by atoms with Crippen molar-refractivity contribution >= 4 is 11.9 Å². The Hall–Kier alpha value is -3.18. The van der Waals surface area contributed by atoms with Gasteiger partial charge in [-0.05, 0) is 109 Å². The van der Waals surface area contributed by atoms with Crippen LogP contribution in [0.3, 0.4) is 0 Å². The quantitative estimate of drug-likeness (QED) is 0.0348. The van der Waals surface area contributed by atoms with E-state index in [-0.39, 0.29) is 25.2 Å². The van der Waals surface area contributed by atoms with Crippen molar-refractivity contribution in [2.24, 2.45) is 0 Å². The van der Waals surface area contributed by atoms with Crippen LogP contribution in [-0.2, 0) is 23.8 Å². The number of esters is 2. The monoisotopic (exact) mass is 833 g/mol. The molecule has 0 N–H and O–H groups in total. The van der Waals surface area contributed by atoms with Crippen molar-refractivity contribution in [3.8, 4) is 0 Å². The zero-order valence-electron chi connectivity index (χ0n) is 39.2. The van der Waals surface area contributed by atoms with Crippen LogP contribution in [0, 0.1) is 0 Å². The molecule has 0 aliphatic carbocycles. The number of rotatable bonds is 44. The molecule has 0 rings (SSSR count). The average Bonchev–Trinajstić information content (AvgIpc) is 3.25. The van der Waals surface area contributed by atoms with Crippen LogP contribution in [0.5, 0.6) is 0 Å². The van der Waals surface area contributed by atoms with Gasteiger partial charge < -0.3 is 14.2 Å². The number of carbonyl (C=O) groups excluding carboxylic acids is 2. The van der Waals surface area contributed by atoms with Gasteiger partial charge in [0.15, 0.2) is 6.10 Å². The summed E-state index contributed by atoms with van der Waals surface area (Å²) in [5, 5.41) is 0. The minimum atomic E-state index is -0.562. The first-order valence-corrected chi connectivity index (χ1v) is 24.8. The maximum Gasteiger partial charge on any atom is 0.306 e. The minimum absolute atomic E-state index is 0.0597. The lowest BCUT2D eigenvalue weighted by molar-refractivity contribution is -0.163. The Labute approximate surface area is 371 Å². The molecule has 5 heteroatoms. The number of carbonyl (C=O) groups is 2. The van der Waals surface area contributed by atoms with Crippen molar-refractivity contribution in [1.82, 2.24) is 0 Å². The Morgan fingerprint density at radius 1 is 0.383 bits per heavy atom. The molecule has 342 valence electrons. The van der Waals surface area contributed by atoms with Gasteiger partial charge in [0.1, 0.15) is 6.61 Å². The molecule has 60 heavy (non-hydrogen) atoms. The van der Waals surface area contributed by atoms with Gasteiger partial charge in [0.25, 0.3) is 0 Å². The second-order valence-corrected chi connectivity index (χ2v) is 15.9. The van der Waals surface area contributed by atoms with E-state index in [1.807, 2.05) is 0 Å². The van der Waals surface area contributed by atoms with E-state index in [1.54, 1.807) is 0 Å². The number of allylic oxidation sites excluding steroid dienone is 16. The first-order valence-electron chi connectivity index (χ1n) is 24.8. The molecule has 0 saturated carbocycles. The topological polar surface area (TPSA) is 61.8 Å². The largest absolute Gasteiger partial charge is 0.462 e. The molecule has 1 unspecified atom stereocenters. The number of hydrogen-bond acceptors (Lipinski definition) is 5. The summed E-state index contributed by atoms with van der Waals surface area (Å²) in [7, 11) is 0. The highest BCUT2D eigenvalue weighted by Gasteiger charge is 2.17. The summed E-state index contributed by atoms with van der Waals surface area (Å²) in [4.78, 5) is 25.4. The van der Waals surface area contributed by atoms with Gasteiger partial charge in [0, 0.05) is 19.4 Å². The Bertz CT molecular complexity index is 1170. The summed E-state index contributed by atoms with van der Waals surface area (Å²) in [6, 6.07) is 0. The third kappa shape index (κ3) is 47.5. The number of ether oxygens (including phenoxy) is 3. The van der Waals surface area contributed by atoms with Gasteiger partial charge >= 0.3 is 11.9 Å². The van der Waals surface area contributed by atoms with Crippen LogP contribution in [0.4, 0.5) is 0 Å². The number of hydrogen-bond donors (Lipinski definition) is 0. The van der Waals surface area contributed by atoms with E-state index in [0.29, 0.717) is 19.4 Å². The van der Waals surface area contributed by atoms with Gasteiger partial charge in [0.2, 0.25) is 0 Å². The summed E-state index contributed by atoms with van der Waals surface area (Å²) < 4.78 is 17.3. The average molecular weight is 833 g/mol. The van der Waals surface area contributed by atoms with Crippen LogP contribution in [0.15, 0.2) is 97.2 Å². The van der Waals surface area contributed by atoms with E-state index >= 15 is 0 Å². The summed E-state index contributed by atoms with van der Waals surface area (Å²) in [5.74, 6) is -0.447. The van der Waals surface area contributed by atoms with Crippen molar-refractivity contribution in [2.45, 2.75) is 219 Å². The molecule has 0 saturated heterocycles. The molecule has 0 aliphatic heterocycles. The van der Waals surface area contributed by atoms with Crippen molar-refractivity contribution in [3.63, 3.8) is 0 Å². The molecular formula is C55H92O5. The summed E-state index contributed by atoms with van der Waals surface area (Å²) >= 11 is 0. The molecular weight excluding hydrogens is 741 g/mol. The lowest BCUT2D eigenvalue weighted by atomic mass is 10.1. The molecule has 1 atom stereocenters. The lowest BCUT2D eigenvalue weighted by Crippen LogP contribution is -2.30. The predicted octanol–water partition coefficient (Wildman–Crippen LogP) is 16.7. The fourth-order valence-electron chi connectivity index (χ4n) is 6.46. The van der Waals surface area contributed by atoms with E-state index in [2.05, 4.69) is 118 Å². The van der Waals surface area contributed by atoms with Crippen LogP contribution < -0.4 is 0 Å². The van der Waals surface area contributed by atoms with Crippen LogP contribution in [0.1, 0.15) is 213 Å². The first kappa shape index (κ1) is 56.8. The molecule has 0 heterocycles. The summed E-state index contributed by atoms with van der Waals surface area (Å²) in [5.41, 5.74) is 0. The Kier molecular flexibility index (Phi) is 47.5. The highest BCUT2D eigenvalue weighted by molar-refractivity contribution is 5.70. The molecule has 0 fully saturated rings. The molecule has 0 aromatic heterocycles. The second kappa shape index (κ2) is 50.2. The Balaban J connectivity index is 4.36. The molecule has 0 radical (unpaired) electrons. The van der Waals surface area contributed by atoms with Gasteiger partial charge in [-0.25, -0.2) is 0 Å². The minimum Gasteiger partial charge on any atom is -0.462 e. The van der Waals surface area contributed by atoms with Gasteiger partial charge in [0.05, 0.1) is 6.61 Å². The molecule has 5 nitrogen and oxygen atoms in total. The highest BCUT2D eigenvalue weighted by atomic mass is 16.6. The first-order chi connectivity index (χ1) is 29.6. The SMILES string of the molecule is CC/C=C\C/C=C\C/C=C\CCCCCCCC(=O)OCC(COCCCCCCCC/C=C\C/C=C\CCC)OC(=O)CCCCCCC/C=C\C/C=C\C/C=C\CC. The van der Waals surface area contributed by atoms with Gasteiger partial charge in [-0.2, -0.15) is 0 Å². The Morgan fingerprint density at radius 3 is 1.20 bits per heavy atom. The maximum absolute atomic E-state index is 12.8. The van der Waals surface area contributed by atoms with E-state index in [1.165, 1.54) is 70.6 Å². The fraction of sp³-hybridized carbons (Fsp3) is 0.673. The van der Waals surface area contributed by atoms with Gasteiger partial charge in [-0.15, -0.1) is 0 Å². The van der Waals surface area contributed by atoms with Crippen LogP contribution in [-0.4, -0.2) is 37.9 Å². The van der Waals surface area contributed by atoms with E-state index in [9.17, 15) is 9.59 Å². The number of unbranched alkanes of at least 4 members (excludes halogenated alkanes) is 17. The van der Waals surface area contributed by atoms with Gasteiger partial charge in [-0.3, -0.25) is 9.59 Å². The van der Waals surface area contributed by atoms with Crippen LogP contribution in [0.2, 0.25) is 0 Å². The van der Waals surface area contributed by atoms with Gasteiger partial charge in [-0.1, -0.05) is 189 Å². The molecule has 0 aromatic rings. The lowest BCUT2D eigenvalue weighted by Gasteiger charge is -2.18. The van der Waals surface area contributed by atoms with Crippen molar-refractivity contribution in [2.75, 3.05) is 19.8 Å². The fourth-order valence-corrected chi connectivity index (χ4v) is 6.46. The molecule has 0 bridgehead atoms. The summed E-state index contributed by atoms with van der Waals surface area (Å²) in [6.45, 7) is 7.48. The third-order valence-corrected chi connectivity index (χ3v) is 10.1. The highest BCUT2D eigenvalue weighted by Crippen LogP contribution is 2.13. The van der Waals surface area contributed by atoms with E-state index in [4.69, 9.17) is 14.2 Å². The van der Waals surface area contributed by atoms with E-state index < -0.39 is 6.10 Å². The standard InChI is InChI=1S/C55H92O5/c1-4-7-10-13-16-19-22-25-28-30-33-36-39-42-45-48-54(56)59-52-53(51-58-50-47-44-41-38-35-32-27-24-21-18-15-12-9-6-3)60-55(57)49-46-43-40-37-34-31-29-26-23-20-17-14-11-8-5-2/h7-8,10-12,15-17,19-21,24-26,28-29,53H,4-6,9,13-14,18,22-23,27,30-52H2,1-3H3/b10-7-,11-8-,15-12-,19-16-,20-17-,24-21-,28-25-,29-26-. The predicted molar refractivity (Wildman–Crippen MR) is 260 cm³/mol. The normalized spacial score (nSPS) is 13.1. The smallest absolute Gasteiger partial charge is 0.306 e. The Morgan fingerprint density at radius 2 is 0.750 bits per heavy atom. The molecule has 0 spiro atoms. The summed E-state index contributed by atoms with van der Waals surface area (Å²) in [6.07, 6.45) is 66.9. The molecule has 0 aromatic carbocycles.